The Labute approximate surface area is 179 Å². The molecule has 9 heteroatoms. The van der Waals surface area contributed by atoms with Gasteiger partial charge in [-0.2, -0.15) is 0 Å². The molecule has 0 atom stereocenters. The van der Waals surface area contributed by atoms with Crippen molar-refractivity contribution in [3.05, 3.63) is 87.5 Å². The number of hydrogen-bond donors (Lipinski definition) is 1. The van der Waals surface area contributed by atoms with Crippen molar-refractivity contribution in [3.63, 3.8) is 0 Å². The summed E-state index contributed by atoms with van der Waals surface area (Å²) in [6.45, 7) is 1.49. The van der Waals surface area contributed by atoms with Crippen molar-refractivity contribution in [2.24, 2.45) is 0 Å². The first-order valence-electron chi connectivity index (χ1n) is 10.3. The maximum atomic E-state index is 12.7. The van der Waals surface area contributed by atoms with Crippen molar-refractivity contribution >= 4 is 11.9 Å². The zero-order valence-corrected chi connectivity index (χ0v) is 17.1. The minimum atomic E-state index is -0.498. The second-order valence-electron chi connectivity index (χ2n) is 7.51. The van der Waals surface area contributed by atoms with E-state index in [1.165, 1.54) is 16.8 Å². The summed E-state index contributed by atoms with van der Waals surface area (Å²) in [4.78, 5) is 48.1. The zero-order valence-electron chi connectivity index (χ0n) is 17.1. The van der Waals surface area contributed by atoms with Gasteiger partial charge in [0.25, 0.3) is 5.56 Å². The molecule has 0 spiro atoms. The molecule has 0 bridgehead atoms. The SMILES string of the molecule is O=C(Cn1c(=O)ccn(Cc2ccccc2)c1=O)NC1CCN(c2ncccn2)CC1. The van der Waals surface area contributed by atoms with E-state index < -0.39 is 11.2 Å². The lowest BCUT2D eigenvalue weighted by atomic mass is 10.1. The molecular formula is C22H24N6O3. The molecule has 3 aromatic rings. The number of rotatable bonds is 6. The van der Waals surface area contributed by atoms with E-state index in [4.69, 9.17) is 0 Å². The highest BCUT2D eigenvalue weighted by Crippen LogP contribution is 2.15. The summed E-state index contributed by atoms with van der Waals surface area (Å²) in [5, 5.41) is 2.95. The number of aromatic nitrogens is 4. The van der Waals surface area contributed by atoms with Crippen molar-refractivity contribution in [3.8, 4) is 0 Å². The molecule has 1 aliphatic rings. The summed E-state index contributed by atoms with van der Waals surface area (Å²) in [5.41, 5.74) is -0.0449. The first-order chi connectivity index (χ1) is 15.1. The molecule has 160 valence electrons. The van der Waals surface area contributed by atoms with Crippen LogP contribution in [-0.4, -0.2) is 44.1 Å². The molecule has 1 amide bonds. The Morgan fingerprint density at radius 1 is 1.00 bits per heavy atom. The van der Waals surface area contributed by atoms with Gasteiger partial charge in [0, 0.05) is 43.8 Å². The topological polar surface area (TPSA) is 102 Å². The number of hydrogen-bond acceptors (Lipinski definition) is 6. The molecule has 0 aliphatic carbocycles. The van der Waals surface area contributed by atoms with Crippen LogP contribution < -0.4 is 21.5 Å². The monoisotopic (exact) mass is 420 g/mol. The van der Waals surface area contributed by atoms with Crippen LogP contribution in [0, 0.1) is 0 Å². The summed E-state index contributed by atoms with van der Waals surface area (Å²) in [5.74, 6) is 0.341. The molecular weight excluding hydrogens is 396 g/mol. The highest BCUT2D eigenvalue weighted by Gasteiger charge is 2.22. The number of nitrogens with one attached hydrogen (secondary N) is 1. The molecule has 0 unspecified atom stereocenters. The van der Waals surface area contributed by atoms with E-state index in [0.29, 0.717) is 12.5 Å². The van der Waals surface area contributed by atoms with Gasteiger partial charge in [0.2, 0.25) is 11.9 Å². The number of piperidine rings is 1. The predicted octanol–water partition coefficient (Wildman–Crippen LogP) is 0.633. The van der Waals surface area contributed by atoms with Crippen LogP contribution in [0.15, 0.2) is 70.6 Å². The van der Waals surface area contributed by atoms with Gasteiger partial charge in [0.1, 0.15) is 6.54 Å². The van der Waals surface area contributed by atoms with E-state index in [2.05, 4.69) is 20.2 Å². The number of benzene rings is 1. The van der Waals surface area contributed by atoms with Crippen molar-refractivity contribution in [2.75, 3.05) is 18.0 Å². The van der Waals surface area contributed by atoms with Gasteiger partial charge in [-0.3, -0.25) is 18.7 Å². The maximum absolute atomic E-state index is 12.7. The van der Waals surface area contributed by atoms with Gasteiger partial charge in [-0.1, -0.05) is 30.3 Å². The van der Waals surface area contributed by atoms with Crippen molar-refractivity contribution in [1.29, 1.82) is 0 Å². The van der Waals surface area contributed by atoms with E-state index in [1.54, 1.807) is 18.5 Å². The van der Waals surface area contributed by atoms with Crippen LogP contribution in [0.2, 0.25) is 0 Å². The third-order valence-electron chi connectivity index (χ3n) is 5.33. The Kier molecular flexibility index (Phi) is 6.21. The van der Waals surface area contributed by atoms with Crippen LogP contribution in [0.1, 0.15) is 18.4 Å². The molecule has 2 aromatic heterocycles. The molecule has 1 saturated heterocycles. The average molecular weight is 420 g/mol. The standard InChI is InChI=1S/C22H24N6O3/c29-19(25-18-7-12-26(13-8-18)21-23-10-4-11-24-21)16-28-20(30)9-14-27(22(28)31)15-17-5-2-1-3-6-17/h1-6,9-11,14,18H,7-8,12-13,15-16H2,(H,25,29). The highest BCUT2D eigenvalue weighted by molar-refractivity contribution is 5.76. The van der Waals surface area contributed by atoms with E-state index in [1.807, 2.05) is 30.3 Å². The minimum Gasteiger partial charge on any atom is -0.352 e. The van der Waals surface area contributed by atoms with Gasteiger partial charge in [-0.15, -0.1) is 0 Å². The average Bonchev–Trinajstić information content (AvgIpc) is 2.80. The summed E-state index contributed by atoms with van der Waals surface area (Å²) in [6, 6.07) is 12.6. The summed E-state index contributed by atoms with van der Waals surface area (Å²) in [6.07, 6.45) is 6.36. The van der Waals surface area contributed by atoms with Gasteiger partial charge < -0.3 is 10.2 Å². The molecule has 4 rings (SSSR count). The lowest BCUT2D eigenvalue weighted by Gasteiger charge is -2.32. The van der Waals surface area contributed by atoms with Crippen LogP contribution in [0.3, 0.4) is 0 Å². The third kappa shape index (κ3) is 5.06. The molecule has 1 aromatic carbocycles. The highest BCUT2D eigenvalue weighted by atomic mass is 16.2. The molecule has 1 aliphatic heterocycles. The maximum Gasteiger partial charge on any atom is 0.331 e. The molecule has 3 heterocycles. The molecule has 0 radical (unpaired) electrons. The Hall–Kier alpha value is -3.75. The fourth-order valence-corrected chi connectivity index (χ4v) is 3.70. The first kappa shape index (κ1) is 20.5. The molecule has 0 saturated carbocycles. The van der Waals surface area contributed by atoms with Crippen molar-refractivity contribution in [1.82, 2.24) is 24.4 Å². The normalized spacial score (nSPS) is 14.4. The van der Waals surface area contributed by atoms with Crippen LogP contribution in [0.5, 0.6) is 0 Å². The van der Waals surface area contributed by atoms with Gasteiger partial charge >= 0.3 is 5.69 Å². The molecule has 1 N–H and O–H groups in total. The van der Waals surface area contributed by atoms with Crippen LogP contribution in [0.25, 0.3) is 0 Å². The molecule has 1 fully saturated rings. The second kappa shape index (κ2) is 9.38. The quantitative estimate of drug-likeness (QED) is 0.628. The smallest absolute Gasteiger partial charge is 0.331 e. The zero-order chi connectivity index (χ0) is 21.6. The van der Waals surface area contributed by atoms with Gasteiger partial charge in [0.15, 0.2) is 0 Å². The molecule has 9 nitrogen and oxygen atoms in total. The van der Waals surface area contributed by atoms with Gasteiger partial charge in [-0.25, -0.2) is 14.8 Å². The molecule has 31 heavy (non-hydrogen) atoms. The van der Waals surface area contributed by atoms with Crippen molar-refractivity contribution < 1.29 is 4.79 Å². The number of carbonyl (C=O) groups excluding carboxylic acids is 1. The fourth-order valence-electron chi connectivity index (χ4n) is 3.70. The van der Waals surface area contributed by atoms with Crippen LogP contribution in [0.4, 0.5) is 5.95 Å². The van der Waals surface area contributed by atoms with E-state index in [9.17, 15) is 14.4 Å². The fraction of sp³-hybridized carbons (Fsp3) is 0.318. The Morgan fingerprint density at radius 2 is 1.71 bits per heavy atom. The number of carbonyl (C=O) groups is 1. The lowest BCUT2D eigenvalue weighted by Crippen LogP contribution is -2.48. The first-order valence-corrected chi connectivity index (χ1v) is 10.3. The Bertz CT molecular complexity index is 1140. The van der Waals surface area contributed by atoms with Crippen LogP contribution >= 0.6 is 0 Å². The number of nitrogens with zero attached hydrogens (tertiary/aromatic N) is 5. The Morgan fingerprint density at radius 3 is 2.42 bits per heavy atom. The predicted molar refractivity (Wildman–Crippen MR) is 116 cm³/mol. The van der Waals surface area contributed by atoms with Crippen molar-refractivity contribution in [2.45, 2.75) is 32.0 Å². The number of amides is 1. The Balaban J connectivity index is 1.37. The summed E-state index contributed by atoms with van der Waals surface area (Å²) >= 11 is 0. The summed E-state index contributed by atoms with van der Waals surface area (Å²) < 4.78 is 2.41. The van der Waals surface area contributed by atoms with E-state index >= 15 is 0 Å². The second-order valence-corrected chi connectivity index (χ2v) is 7.51. The van der Waals surface area contributed by atoms with Gasteiger partial charge in [0.05, 0.1) is 6.54 Å². The van der Waals surface area contributed by atoms with Crippen LogP contribution in [-0.2, 0) is 17.9 Å². The third-order valence-corrected chi connectivity index (χ3v) is 5.33. The largest absolute Gasteiger partial charge is 0.352 e. The van der Waals surface area contributed by atoms with E-state index in [0.717, 1.165) is 36.1 Å². The summed E-state index contributed by atoms with van der Waals surface area (Å²) in [7, 11) is 0. The lowest BCUT2D eigenvalue weighted by molar-refractivity contribution is -0.122. The number of anilines is 1. The van der Waals surface area contributed by atoms with Gasteiger partial charge in [-0.05, 0) is 24.5 Å². The minimum absolute atomic E-state index is 0.0154. The van der Waals surface area contributed by atoms with E-state index in [-0.39, 0.29) is 18.5 Å².